The molecule has 0 aliphatic rings. The Morgan fingerprint density at radius 1 is 1.09 bits per heavy atom. The molecule has 4 rings (SSSR count). The Kier molecular flexibility index (Phi) is 7.31. The lowest BCUT2D eigenvalue weighted by Crippen LogP contribution is -2.15. The quantitative estimate of drug-likeness (QED) is 0.319. The summed E-state index contributed by atoms with van der Waals surface area (Å²) in [6.45, 7) is 4.33. The first-order valence-electron chi connectivity index (χ1n) is 10.3. The van der Waals surface area contributed by atoms with Crippen LogP contribution in [0, 0.1) is 12.7 Å². The largest absolute Gasteiger partial charge is 0.492 e. The fourth-order valence-electron chi connectivity index (χ4n) is 3.05. The lowest BCUT2D eigenvalue weighted by atomic mass is 10.2. The molecule has 2 heterocycles. The van der Waals surface area contributed by atoms with E-state index in [1.807, 2.05) is 44.2 Å². The topological polar surface area (TPSA) is 77.0 Å². The number of halogens is 1. The van der Waals surface area contributed by atoms with Gasteiger partial charge in [0.15, 0.2) is 0 Å². The smallest absolute Gasteiger partial charge is 0.234 e. The number of ether oxygens (including phenoxy) is 1. The Hall–Kier alpha value is -3.30. The molecule has 0 spiro atoms. The van der Waals surface area contributed by atoms with Gasteiger partial charge in [-0.2, -0.15) is 0 Å². The number of nitrogens with one attached hydrogen (secondary N) is 1. The second-order valence-electron chi connectivity index (χ2n) is 6.96. The average molecular weight is 481 g/mol. The van der Waals surface area contributed by atoms with E-state index in [2.05, 4.69) is 20.5 Å². The Morgan fingerprint density at radius 2 is 1.88 bits per heavy atom. The second kappa shape index (κ2) is 10.5. The van der Waals surface area contributed by atoms with Crippen LogP contribution in [0.3, 0.4) is 0 Å². The summed E-state index contributed by atoms with van der Waals surface area (Å²) in [5, 5.41) is 12.9. The third kappa shape index (κ3) is 5.74. The van der Waals surface area contributed by atoms with Crippen molar-refractivity contribution in [2.75, 3.05) is 17.7 Å². The molecule has 2 aromatic carbocycles. The highest BCUT2D eigenvalue weighted by atomic mass is 32.2. The number of aromatic nitrogens is 3. The van der Waals surface area contributed by atoms with E-state index < -0.39 is 0 Å². The molecule has 4 aromatic rings. The maximum absolute atomic E-state index is 13.2. The molecule has 0 fully saturated rings. The highest BCUT2D eigenvalue weighted by Gasteiger charge is 2.14. The van der Waals surface area contributed by atoms with Crippen molar-refractivity contribution in [2.24, 2.45) is 0 Å². The van der Waals surface area contributed by atoms with Crippen LogP contribution >= 0.6 is 23.1 Å². The van der Waals surface area contributed by atoms with Crippen molar-refractivity contribution >= 4 is 34.7 Å². The number of hydrogen-bond donors (Lipinski definition) is 1. The van der Waals surface area contributed by atoms with Gasteiger partial charge in [0.25, 0.3) is 0 Å². The Balaban J connectivity index is 1.39. The summed E-state index contributed by atoms with van der Waals surface area (Å²) in [5.74, 6) is 0.407. The predicted octanol–water partition coefficient (Wildman–Crippen LogP) is 5.84. The molecule has 1 N–H and O–H groups in total. The maximum atomic E-state index is 13.2. The van der Waals surface area contributed by atoms with Gasteiger partial charge in [-0.15, -0.1) is 21.5 Å². The molecule has 0 saturated heterocycles. The molecule has 0 aliphatic heterocycles. The van der Waals surface area contributed by atoms with Crippen LogP contribution in [0.1, 0.15) is 12.6 Å². The average Bonchev–Trinajstić information content (AvgIpc) is 3.21. The summed E-state index contributed by atoms with van der Waals surface area (Å²) in [4.78, 5) is 17.9. The molecular weight excluding hydrogens is 459 g/mol. The van der Waals surface area contributed by atoms with Gasteiger partial charge in [-0.25, -0.2) is 9.37 Å². The van der Waals surface area contributed by atoms with Crippen LogP contribution in [-0.4, -0.2) is 33.4 Å². The minimum absolute atomic E-state index is 0.153. The van der Waals surface area contributed by atoms with Gasteiger partial charge in [0, 0.05) is 5.56 Å². The number of nitrogens with zero attached hydrogens (tertiary/aromatic N) is 3. The van der Waals surface area contributed by atoms with Crippen LogP contribution in [-0.2, 0) is 4.79 Å². The number of thioether (sulfide) groups is 1. The number of thiazole rings is 1. The first kappa shape index (κ1) is 22.9. The van der Waals surface area contributed by atoms with Gasteiger partial charge in [0.1, 0.15) is 27.3 Å². The van der Waals surface area contributed by atoms with Crippen molar-refractivity contribution in [3.05, 3.63) is 72.2 Å². The second-order valence-corrected chi connectivity index (χ2v) is 8.96. The molecule has 0 radical (unpaired) electrons. The summed E-state index contributed by atoms with van der Waals surface area (Å²) in [6.07, 6.45) is 0. The number of rotatable bonds is 8. The van der Waals surface area contributed by atoms with Crippen molar-refractivity contribution in [3.8, 4) is 26.9 Å². The van der Waals surface area contributed by atoms with Crippen LogP contribution in [0.5, 0.6) is 5.75 Å². The highest BCUT2D eigenvalue weighted by molar-refractivity contribution is 7.99. The molecule has 0 saturated carbocycles. The number of amides is 1. The Morgan fingerprint density at radius 3 is 2.61 bits per heavy atom. The van der Waals surface area contributed by atoms with E-state index in [0.717, 1.165) is 21.1 Å². The van der Waals surface area contributed by atoms with E-state index in [-0.39, 0.29) is 17.5 Å². The molecular formula is C24H21FN4O2S2. The summed E-state index contributed by atoms with van der Waals surface area (Å²) in [6, 6.07) is 17.3. The van der Waals surface area contributed by atoms with Gasteiger partial charge in [-0.3, -0.25) is 4.79 Å². The van der Waals surface area contributed by atoms with E-state index in [9.17, 15) is 9.18 Å². The molecule has 2 aromatic heterocycles. The molecule has 168 valence electrons. The molecule has 6 nitrogen and oxygen atoms in total. The SMILES string of the molecule is CCOc1ccccc1NC(=O)CSc1ccc(-c2sc(-c3ccc(F)cc3)nc2C)nn1. The van der Waals surface area contributed by atoms with Crippen LogP contribution < -0.4 is 10.1 Å². The molecule has 33 heavy (non-hydrogen) atoms. The van der Waals surface area contributed by atoms with Crippen molar-refractivity contribution in [1.29, 1.82) is 0 Å². The normalized spacial score (nSPS) is 10.8. The van der Waals surface area contributed by atoms with Crippen molar-refractivity contribution in [2.45, 2.75) is 18.9 Å². The third-order valence-corrected chi connectivity index (χ3v) is 6.72. The van der Waals surface area contributed by atoms with Crippen molar-refractivity contribution in [3.63, 3.8) is 0 Å². The number of benzene rings is 2. The molecule has 1 amide bonds. The summed E-state index contributed by atoms with van der Waals surface area (Å²) >= 11 is 2.79. The van der Waals surface area contributed by atoms with Gasteiger partial charge in [0.2, 0.25) is 5.91 Å². The van der Waals surface area contributed by atoms with Gasteiger partial charge in [-0.1, -0.05) is 23.9 Å². The number of para-hydroxylation sites is 2. The van der Waals surface area contributed by atoms with E-state index in [1.54, 1.807) is 18.2 Å². The van der Waals surface area contributed by atoms with Crippen LogP contribution in [0.4, 0.5) is 10.1 Å². The van der Waals surface area contributed by atoms with E-state index in [0.29, 0.717) is 28.8 Å². The van der Waals surface area contributed by atoms with E-state index in [1.165, 1.54) is 35.2 Å². The minimum Gasteiger partial charge on any atom is -0.492 e. The van der Waals surface area contributed by atoms with Gasteiger partial charge in [0.05, 0.1) is 28.6 Å². The zero-order chi connectivity index (χ0) is 23.2. The molecule has 0 atom stereocenters. The Labute approximate surface area is 199 Å². The van der Waals surface area contributed by atoms with E-state index >= 15 is 0 Å². The summed E-state index contributed by atoms with van der Waals surface area (Å²) in [7, 11) is 0. The number of carbonyl (C=O) groups is 1. The van der Waals surface area contributed by atoms with Crippen LogP contribution in [0.25, 0.3) is 21.1 Å². The molecule has 0 aliphatic carbocycles. The lowest BCUT2D eigenvalue weighted by Gasteiger charge is -2.10. The number of aryl methyl sites for hydroxylation is 1. The Bertz CT molecular complexity index is 1240. The molecule has 0 unspecified atom stereocenters. The fourth-order valence-corrected chi connectivity index (χ4v) is 4.70. The number of anilines is 1. The monoisotopic (exact) mass is 480 g/mol. The van der Waals surface area contributed by atoms with Crippen molar-refractivity contribution in [1.82, 2.24) is 15.2 Å². The predicted molar refractivity (Wildman–Crippen MR) is 130 cm³/mol. The summed E-state index contributed by atoms with van der Waals surface area (Å²) < 4.78 is 18.7. The first-order chi connectivity index (χ1) is 16.0. The van der Waals surface area contributed by atoms with Gasteiger partial charge < -0.3 is 10.1 Å². The zero-order valence-corrected chi connectivity index (χ0v) is 19.7. The highest BCUT2D eigenvalue weighted by Crippen LogP contribution is 2.34. The fraction of sp³-hybridized carbons (Fsp3) is 0.167. The van der Waals surface area contributed by atoms with Gasteiger partial charge in [-0.05, 0) is 62.4 Å². The third-order valence-electron chi connectivity index (χ3n) is 4.57. The lowest BCUT2D eigenvalue weighted by molar-refractivity contribution is -0.113. The number of hydrogen-bond acceptors (Lipinski definition) is 7. The van der Waals surface area contributed by atoms with Crippen LogP contribution in [0.15, 0.2) is 65.7 Å². The van der Waals surface area contributed by atoms with Gasteiger partial charge >= 0.3 is 0 Å². The standard InChI is InChI=1S/C24H21FN4O2S2/c1-3-31-20-7-5-4-6-18(20)27-21(30)14-32-22-13-12-19(28-29-22)23-15(2)26-24(33-23)16-8-10-17(25)11-9-16/h4-13H,3,14H2,1-2H3,(H,27,30). The van der Waals surface area contributed by atoms with E-state index in [4.69, 9.17) is 4.74 Å². The molecule has 0 bridgehead atoms. The first-order valence-corrected chi connectivity index (χ1v) is 12.1. The van der Waals surface area contributed by atoms with Crippen LogP contribution in [0.2, 0.25) is 0 Å². The molecule has 9 heteroatoms. The zero-order valence-electron chi connectivity index (χ0n) is 18.0. The maximum Gasteiger partial charge on any atom is 0.234 e. The van der Waals surface area contributed by atoms with Crippen molar-refractivity contribution < 1.29 is 13.9 Å². The summed E-state index contributed by atoms with van der Waals surface area (Å²) in [5.41, 5.74) is 3.04. The minimum atomic E-state index is -0.279. The number of carbonyl (C=O) groups excluding carboxylic acids is 1.